The second-order valence-electron chi connectivity index (χ2n) is 4.06. The lowest BCUT2D eigenvalue weighted by Crippen LogP contribution is -2.14. The van der Waals surface area contributed by atoms with E-state index in [0.29, 0.717) is 0 Å². The number of halogens is 2. The summed E-state index contributed by atoms with van der Waals surface area (Å²) in [6.07, 6.45) is 0. The lowest BCUT2D eigenvalue weighted by Gasteiger charge is -2.02. The van der Waals surface area contributed by atoms with Crippen LogP contribution in [0.4, 0.5) is 14.7 Å². The van der Waals surface area contributed by atoms with E-state index < -0.39 is 50.4 Å². The van der Waals surface area contributed by atoms with Crippen LogP contribution in [0.2, 0.25) is 0 Å². The van der Waals surface area contributed by atoms with Gasteiger partial charge in [-0.25, -0.2) is 21.9 Å². The zero-order valence-electron chi connectivity index (χ0n) is 10.7. The summed E-state index contributed by atoms with van der Waals surface area (Å²) in [5.74, 6) is -5.74. The monoisotopic (exact) mass is 319 g/mol. The highest BCUT2D eigenvalue weighted by Gasteiger charge is 2.27. The maximum atomic E-state index is 13.6. The van der Waals surface area contributed by atoms with Crippen molar-refractivity contribution in [3.05, 3.63) is 29.8 Å². The Balaban J connectivity index is 2.58. The average molecular weight is 319 g/mol. The number of aromatic hydroxyl groups is 2. The van der Waals surface area contributed by atoms with Crippen LogP contribution >= 0.6 is 0 Å². The van der Waals surface area contributed by atoms with Crippen molar-refractivity contribution in [2.24, 2.45) is 0 Å². The van der Waals surface area contributed by atoms with E-state index in [0.717, 1.165) is 18.2 Å². The molecule has 0 amide bonds. The molecule has 0 spiro atoms. The molecule has 1 heterocycles. The third-order valence-electron chi connectivity index (χ3n) is 2.68. The van der Waals surface area contributed by atoms with Crippen molar-refractivity contribution < 1.29 is 31.8 Å². The molecule has 0 aliphatic heterocycles. The summed E-state index contributed by atoms with van der Waals surface area (Å²) in [4.78, 5) is 0. The summed E-state index contributed by atoms with van der Waals surface area (Å²) in [7, 11) is -3.80. The molecule has 1 aromatic heterocycles. The van der Waals surface area contributed by atoms with Gasteiger partial charge in [0, 0.05) is 0 Å². The van der Waals surface area contributed by atoms with Crippen LogP contribution in [0.3, 0.4) is 0 Å². The van der Waals surface area contributed by atoms with E-state index in [1.54, 1.807) is 0 Å². The topological polar surface area (TPSA) is 99.8 Å². The van der Waals surface area contributed by atoms with Gasteiger partial charge >= 0.3 is 0 Å². The first-order valence-corrected chi connectivity index (χ1v) is 7.41. The maximum absolute atomic E-state index is 13.6. The molecule has 0 aliphatic carbocycles. The van der Waals surface area contributed by atoms with Crippen LogP contribution in [-0.4, -0.2) is 24.4 Å². The van der Waals surface area contributed by atoms with Crippen LogP contribution in [0.1, 0.15) is 6.92 Å². The van der Waals surface area contributed by atoms with Gasteiger partial charge in [-0.2, -0.15) is 0 Å². The maximum Gasteiger partial charge on any atom is 0.253 e. The van der Waals surface area contributed by atoms with E-state index in [2.05, 4.69) is 0 Å². The molecule has 0 atom stereocenters. The first-order valence-electron chi connectivity index (χ1n) is 5.76. The number of anilines is 1. The zero-order chi connectivity index (χ0) is 15.8. The van der Waals surface area contributed by atoms with Gasteiger partial charge < -0.3 is 14.6 Å². The van der Waals surface area contributed by atoms with Gasteiger partial charge in [0.1, 0.15) is 11.6 Å². The van der Waals surface area contributed by atoms with Gasteiger partial charge in [0.2, 0.25) is 21.5 Å². The minimum Gasteiger partial charge on any atom is -0.502 e. The average Bonchev–Trinajstić information content (AvgIpc) is 2.67. The van der Waals surface area contributed by atoms with Gasteiger partial charge in [-0.05, 0) is 19.1 Å². The minimum atomic E-state index is -3.80. The Bertz CT molecular complexity index is 765. The van der Waals surface area contributed by atoms with E-state index in [4.69, 9.17) is 4.42 Å². The molecule has 21 heavy (non-hydrogen) atoms. The fourth-order valence-corrected chi connectivity index (χ4v) is 2.15. The van der Waals surface area contributed by atoms with Crippen LogP contribution in [0.25, 0.3) is 11.3 Å². The van der Waals surface area contributed by atoms with Gasteiger partial charge in [0.25, 0.3) is 5.88 Å². The highest BCUT2D eigenvalue weighted by atomic mass is 32.2. The molecule has 0 bridgehead atoms. The van der Waals surface area contributed by atoms with Crippen LogP contribution in [-0.2, 0) is 10.0 Å². The Kier molecular flexibility index (Phi) is 3.77. The minimum absolute atomic E-state index is 0.322. The van der Waals surface area contributed by atoms with E-state index in [1.807, 2.05) is 4.72 Å². The van der Waals surface area contributed by atoms with Crippen molar-refractivity contribution in [1.82, 2.24) is 0 Å². The van der Waals surface area contributed by atoms with Crippen LogP contribution in [0.5, 0.6) is 11.5 Å². The quantitative estimate of drug-likeness (QED) is 0.803. The SMILES string of the molecule is CCS(=O)(=O)Nc1oc(-c2c(F)cccc2F)c(O)c1O. The number of benzene rings is 1. The fraction of sp³-hybridized carbons (Fsp3) is 0.167. The van der Waals surface area contributed by atoms with E-state index in [-0.39, 0.29) is 5.75 Å². The third-order valence-corrected chi connectivity index (χ3v) is 3.93. The first-order chi connectivity index (χ1) is 9.76. The molecule has 6 nitrogen and oxygen atoms in total. The molecule has 2 rings (SSSR count). The predicted molar refractivity (Wildman–Crippen MR) is 70.5 cm³/mol. The standard InChI is InChI=1S/C12H11F2NO5S/c1-2-21(18,19)15-12-10(17)9(16)11(20-12)8-6(13)4-3-5-7(8)14/h3-5,15-17H,2H2,1H3. The van der Waals surface area contributed by atoms with Crippen molar-refractivity contribution >= 4 is 15.9 Å². The summed E-state index contributed by atoms with van der Waals surface area (Å²) in [6, 6.07) is 2.95. The van der Waals surface area contributed by atoms with Gasteiger partial charge in [-0.15, -0.1) is 0 Å². The summed E-state index contributed by atoms with van der Waals surface area (Å²) >= 11 is 0. The Labute approximate surface area is 118 Å². The normalized spacial score (nSPS) is 11.6. The Morgan fingerprint density at radius 2 is 1.76 bits per heavy atom. The Morgan fingerprint density at radius 1 is 1.19 bits per heavy atom. The molecule has 0 saturated carbocycles. The van der Waals surface area contributed by atoms with Gasteiger partial charge in [0.05, 0.1) is 11.3 Å². The van der Waals surface area contributed by atoms with Crippen molar-refractivity contribution in [2.75, 3.05) is 10.5 Å². The molecule has 114 valence electrons. The number of nitrogens with one attached hydrogen (secondary N) is 1. The number of hydrogen-bond acceptors (Lipinski definition) is 5. The van der Waals surface area contributed by atoms with Crippen LogP contribution in [0, 0.1) is 11.6 Å². The van der Waals surface area contributed by atoms with Crippen LogP contribution in [0.15, 0.2) is 22.6 Å². The van der Waals surface area contributed by atoms with E-state index in [9.17, 15) is 27.4 Å². The molecule has 2 aromatic rings. The summed E-state index contributed by atoms with van der Waals surface area (Å²) in [5, 5.41) is 19.3. The second kappa shape index (κ2) is 5.24. The zero-order valence-corrected chi connectivity index (χ0v) is 11.5. The first kappa shape index (κ1) is 15.1. The number of sulfonamides is 1. The molecule has 1 aromatic carbocycles. The highest BCUT2D eigenvalue weighted by molar-refractivity contribution is 7.92. The molecule has 0 aliphatic rings. The van der Waals surface area contributed by atoms with E-state index in [1.165, 1.54) is 6.92 Å². The van der Waals surface area contributed by atoms with Crippen molar-refractivity contribution in [2.45, 2.75) is 6.92 Å². The largest absolute Gasteiger partial charge is 0.502 e. The van der Waals surface area contributed by atoms with Crippen molar-refractivity contribution in [3.8, 4) is 22.8 Å². The number of rotatable bonds is 4. The Hall–Kier alpha value is -2.29. The molecule has 9 heteroatoms. The summed E-state index contributed by atoms with van der Waals surface area (Å²) in [5.41, 5.74) is -0.716. The molecular formula is C12H11F2NO5S. The predicted octanol–water partition coefficient (Wildman–Crippen LogP) is 2.40. The Morgan fingerprint density at radius 3 is 2.29 bits per heavy atom. The smallest absolute Gasteiger partial charge is 0.253 e. The molecule has 0 radical (unpaired) electrons. The summed E-state index contributed by atoms with van der Waals surface area (Å²) < 4.78 is 56.8. The third kappa shape index (κ3) is 2.77. The van der Waals surface area contributed by atoms with Gasteiger partial charge in [0.15, 0.2) is 5.76 Å². The molecule has 0 unspecified atom stereocenters. The van der Waals surface area contributed by atoms with Gasteiger partial charge in [-0.3, -0.25) is 0 Å². The number of furan rings is 1. The molecule has 3 N–H and O–H groups in total. The highest BCUT2D eigenvalue weighted by Crippen LogP contribution is 2.46. The molecule has 0 saturated heterocycles. The molecule has 0 fully saturated rings. The van der Waals surface area contributed by atoms with Crippen LogP contribution < -0.4 is 4.72 Å². The summed E-state index contributed by atoms with van der Waals surface area (Å²) in [6.45, 7) is 1.33. The van der Waals surface area contributed by atoms with Crippen molar-refractivity contribution in [1.29, 1.82) is 0 Å². The van der Waals surface area contributed by atoms with E-state index >= 15 is 0 Å². The van der Waals surface area contributed by atoms with Crippen molar-refractivity contribution in [3.63, 3.8) is 0 Å². The lowest BCUT2D eigenvalue weighted by molar-refractivity contribution is 0.410. The fourth-order valence-electron chi connectivity index (χ4n) is 1.58. The molecular weight excluding hydrogens is 308 g/mol. The number of hydrogen-bond donors (Lipinski definition) is 3. The lowest BCUT2D eigenvalue weighted by atomic mass is 10.1. The van der Waals surface area contributed by atoms with Gasteiger partial charge in [-0.1, -0.05) is 6.07 Å². The second-order valence-corrected chi connectivity index (χ2v) is 6.07.